The van der Waals surface area contributed by atoms with Crippen molar-refractivity contribution < 1.29 is 17.5 Å². The SMILES string of the molecule is CCS(=O)(=O)N[C@H]1CCN(c2cccnn2)CC1COC1CCC(c2cccc(F)c2)CC1. The van der Waals surface area contributed by atoms with E-state index in [9.17, 15) is 12.8 Å². The van der Waals surface area contributed by atoms with Gasteiger partial charge in [0.2, 0.25) is 10.0 Å². The summed E-state index contributed by atoms with van der Waals surface area (Å²) in [7, 11) is -3.30. The van der Waals surface area contributed by atoms with Gasteiger partial charge in [-0.1, -0.05) is 12.1 Å². The third-order valence-electron chi connectivity index (χ3n) is 6.87. The molecule has 2 atom stereocenters. The summed E-state index contributed by atoms with van der Waals surface area (Å²) in [4.78, 5) is 2.15. The molecule has 1 saturated heterocycles. The Bertz CT molecular complexity index is 1000. The average Bonchev–Trinajstić information content (AvgIpc) is 2.84. The molecule has 2 aliphatic rings. The molecule has 0 spiro atoms. The lowest BCUT2D eigenvalue weighted by atomic mass is 9.82. The number of benzene rings is 1. The molecule has 2 fully saturated rings. The van der Waals surface area contributed by atoms with Crippen LogP contribution in [0.5, 0.6) is 0 Å². The third-order valence-corrected chi connectivity index (χ3v) is 8.29. The fourth-order valence-corrected chi connectivity index (χ4v) is 5.86. The number of nitrogens with one attached hydrogen (secondary N) is 1. The first-order valence-electron chi connectivity index (χ1n) is 11.8. The van der Waals surface area contributed by atoms with Gasteiger partial charge < -0.3 is 9.64 Å². The minimum atomic E-state index is -3.30. The number of anilines is 1. The topological polar surface area (TPSA) is 84.4 Å². The first-order valence-corrected chi connectivity index (χ1v) is 13.5. The molecule has 2 aromatic rings. The van der Waals surface area contributed by atoms with Crippen molar-refractivity contribution in [2.45, 2.75) is 57.1 Å². The van der Waals surface area contributed by atoms with E-state index < -0.39 is 10.0 Å². The Labute approximate surface area is 195 Å². The molecule has 180 valence electrons. The number of nitrogens with zero attached hydrogens (tertiary/aromatic N) is 3. The lowest BCUT2D eigenvalue weighted by Gasteiger charge is -2.40. The maximum atomic E-state index is 13.6. The predicted molar refractivity (Wildman–Crippen MR) is 126 cm³/mol. The number of hydrogen-bond donors (Lipinski definition) is 1. The molecule has 1 saturated carbocycles. The van der Waals surface area contributed by atoms with Crippen molar-refractivity contribution in [1.82, 2.24) is 14.9 Å². The van der Waals surface area contributed by atoms with Gasteiger partial charge in [-0.05, 0) is 74.8 Å². The highest BCUT2D eigenvalue weighted by Gasteiger charge is 2.33. The van der Waals surface area contributed by atoms with E-state index in [2.05, 4.69) is 19.8 Å². The van der Waals surface area contributed by atoms with Crippen LogP contribution in [-0.4, -0.2) is 56.2 Å². The Morgan fingerprint density at radius 1 is 1.15 bits per heavy atom. The maximum absolute atomic E-state index is 13.6. The Morgan fingerprint density at radius 3 is 2.67 bits per heavy atom. The largest absolute Gasteiger partial charge is 0.378 e. The fourth-order valence-electron chi connectivity index (χ4n) is 4.92. The maximum Gasteiger partial charge on any atom is 0.211 e. The monoisotopic (exact) mass is 476 g/mol. The zero-order valence-electron chi connectivity index (χ0n) is 19.1. The van der Waals surface area contributed by atoms with E-state index in [0.717, 1.165) is 37.1 Å². The second kappa shape index (κ2) is 10.9. The fraction of sp³-hybridized carbons (Fsp3) is 0.583. The molecule has 0 radical (unpaired) electrons. The van der Waals surface area contributed by atoms with Crippen LogP contribution in [0.4, 0.5) is 10.2 Å². The summed E-state index contributed by atoms with van der Waals surface area (Å²) in [6.07, 6.45) is 6.26. The van der Waals surface area contributed by atoms with Gasteiger partial charge in [-0.3, -0.25) is 0 Å². The number of piperidine rings is 1. The Hall–Kier alpha value is -2.10. The van der Waals surface area contributed by atoms with Crippen LogP contribution in [0.2, 0.25) is 0 Å². The van der Waals surface area contributed by atoms with Gasteiger partial charge in [0.25, 0.3) is 0 Å². The van der Waals surface area contributed by atoms with Crippen molar-refractivity contribution in [2.24, 2.45) is 5.92 Å². The van der Waals surface area contributed by atoms with E-state index >= 15 is 0 Å². The highest BCUT2D eigenvalue weighted by molar-refractivity contribution is 7.89. The third kappa shape index (κ3) is 6.49. The van der Waals surface area contributed by atoms with Crippen molar-refractivity contribution in [2.75, 3.05) is 30.3 Å². The second-order valence-corrected chi connectivity index (χ2v) is 11.1. The van der Waals surface area contributed by atoms with Crippen molar-refractivity contribution in [3.05, 3.63) is 54.0 Å². The van der Waals surface area contributed by atoms with Crippen LogP contribution in [0.3, 0.4) is 0 Å². The minimum absolute atomic E-state index is 0.0167. The number of aromatic nitrogens is 2. The number of rotatable bonds is 8. The molecule has 33 heavy (non-hydrogen) atoms. The summed E-state index contributed by atoms with van der Waals surface area (Å²) in [5.41, 5.74) is 1.06. The minimum Gasteiger partial charge on any atom is -0.378 e. The molecular formula is C24H33FN4O3S. The predicted octanol–water partition coefficient (Wildman–Crippen LogP) is 3.49. The van der Waals surface area contributed by atoms with Crippen LogP contribution < -0.4 is 9.62 Å². The van der Waals surface area contributed by atoms with Gasteiger partial charge in [-0.25, -0.2) is 17.5 Å². The number of hydrogen-bond acceptors (Lipinski definition) is 6. The standard InChI is InChI=1S/C24H33FN4O3S/c1-2-33(30,31)28-23-12-14-29(24-7-4-13-26-27-24)16-20(23)17-32-22-10-8-18(9-11-22)19-5-3-6-21(25)15-19/h3-7,13,15,18,20,22-23,28H,2,8-12,14,16-17H2,1H3/t18?,20?,22?,23-/m0/s1. The van der Waals surface area contributed by atoms with Gasteiger partial charge in [0.05, 0.1) is 18.5 Å². The first kappa shape index (κ1) is 24.0. The van der Waals surface area contributed by atoms with Gasteiger partial charge in [-0.15, -0.1) is 5.10 Å². The molecule has 1 aromatic heterocycles. The molecule has 1 aliphatic heterocycles. The molecule has 1 aliphatic carbocycles. The number of sulfonamides is 1. The Balaban J connectivity index is 1.35. The normalized spacial score (nSPS) is 26.3. The van der Waals surface area contributed by atoms with Gasteiger partial charge >= 0.3 is 0 Å². The molecule has 0 bridgehead atoms. The smallest absolute Gasteiger partial charge is 0.211 e. The second-order valence-electron chi connectivity index (χ2n) is 9.07. The van der Waals surface area contributed by atoms with E-state index in [-0.39, 0.29) is 29.6 Å². The molecular weight excluding hydrogens is 443 g/mol. The zero-order chi connectivity index (χ0) is 23.3. The summed E-state index contributed by atoms with van der Waals surface area (Å²) >= 11 is 0. The Kier molecular flexibility index (Phi) is 7.93. The van der Waals surface area contributed by atoms with Crippen molar-refractivity contribution in [3.8, 4) is 0 Å². The van der Waals surface area contributed by atoms with Gasteiger partial charge in [0.15, 0.2) is 5.82 Å². The molecule has 9 heteroatoms. The van der Waals surface area contributed by atoms with Crippen LogP contribution in [0.1, 0.15) is 50.5 Å². The number of ether oxygens (including phenoxy) is 1. The molecule has 2 heterocycles. The van der Waals surface area contributed by atoms with Gasteiger partial charge in [-0.2, -0.15) is 5.10 Å². The first-order chi connectivity index (χ1) is 15.9. The summed E-state index contributed by atoms with van der Waals surface area (Å²) in [5, 5.41) is 8.19. The van der Waals surface area contributed by atoms with E-state index in [4.69, 9.17) is 4.74 Å². The molecule has 0 amide bonds. The van der Waals surface area contributed by atoms with Crippen molar-refractivity contribution in [3.63, 3.8) is 0 Å². The quantitative estimate of drug-likeness (QED) is 0.628. The van der Waals surface area contributed by atoms with E-state index in [1.165, 1.54) is 6.07 Å². The average molecular weight is 477 g/mol. The van der Waals surface area contributed by atoms with Crippen molar-refractivity contribution in [1.29, 1.82) is 0 Å². The molecule has 1 N–H and O–H groups in total. The lowest BCUT2D eigenvalue weighted by molar-refractivity contribution is -0.00216. The highest BCUT2D eigenvalue weighted by Crippen LogP contribution is 2.34. The highest BCUT2D eigenvalue weighted by atomic mass is 32.2. The Morgan fingerprint density at radius 2 is 1.97 bits per heavy atom. The lowest BCUT2D eigenvalue weighted by Crippen LogP contribution is -2.53. The van der Waals surface area contributed by atoms with E-state index in [0.29, 0.717) is 32.0 Å². The zero-order valence-corrected chi connectivity index (χ0v) is 19.9. The van der Waals surface area contributed by atoms with Crippen LogP contribution in [0.25, 0.3) is 0 Å². The van der Waals surface area contributed by atoms with Gasteiger partial charge in [0.1, 0.15) is 5.82 Å². The van der Waals surface area contributed by atoms with Gasteiger partial charge in [0, 0.05) is 31.2 Å². The molecule has 4 rings (SSSR count). The van der Waals surface area contributed by atoms with Crippen LogP contribution in [0.15, 0.2) is 42.6 Å². The summed E-state index contributed by atoms with van der Waals surface area (Å²) < 4.78 is 47.3. The summed E-state index contributed by atoms with van der Waals surface area (Å²) in [5.74, 6) is 1.07. The van der Waals surface area contributed by atoms with E-state index in [1.54, 1.807) is 25.3 Å². The van der Waals surface area contributed by atoms with Crippen LogP contribution in [-0.2, 0) is 14.8 Å². The summed E-state index contributed by atoms with van der Waals surface area (Å²) in [6, 6.07) is 10.5. The van der Waals surface area contributed by atoms with Crippen LogP contribution >= 0.6 is 0 Å². The van der Waals surface area contributed by atoms with Crippen LogP contribution in [0, 0.1) is 11.7 Å². The summed E-state index contributed by atoms with van der Waals surface area (Å²) in [6.45, 7) is 3.52. The molecule has 1 unspecified atom stereocenters. The number of halogens is 1. The van der Waals surface area contributed by atoms with Crippen molar-refractivity contribution >= 4 is 15.8 Å². The molecule has 1 aromatic carbocycles. The van der Waals surface area contributed by atoms with E-state index in [1.807, 2.05) is 18.2 Å². The molecule has 7 nitrogen and oxygen atoms in total.